The van der Waals surface area contributed by atoms with Gasteiger partial charge in [-0.05, 0) is 18.3 Å². The van der Waals surface area contributed by atoms with Crippen molar-refractivity contribution in [1.29, 1.82) is 0 Å². The molecule has 0 saturated heterocycles. The van der Waals surface area contributed by atoms with E-state index in [2.05, 4.69) is 38.0 Å². The summed E-state index contributed by atoms with van der Waals surface area (Å²) in [6.45, 7) is 12.5. The van der Waals surface area contributed by atoms with Gasteiger partial charge in [0.1, 0.15) is 0 Å². The summed E-state index contributed by atoms with van der Waals surface area (Å²) in [6, 6.07) is 0. The molecule has 1 unspecified atom stereocenters. The van der Waals surface area contributed by atoms with Gasteiger partial charge in [-0.25, -0.2) is 0 Å². The molecule has 0 bridgehead atoms. The van der Waals surface area contributed by atoms with Crippen LogP contribution in [0.5, 0.6) is 0 Å². The first-order valence-corrected chi connectivity index (χ1v) is 8.58. The number of amidine groups is 1. The minimum absolute atomic E-state index is 0.680. The van der Waals surface area contributed by atoms with Gasteiger partial charge in [0.2, 0.25) is 0 Å². The van der Waals surface area contributed by atoms with E-state index in [1.807, 2.05) is 11.8 Å². The number of ether oxygens (including phenoxy) is 1. The van der Waals surface area contributed by atoms with Crippen LogP contribution in [-0.2, 0) is 4.74 Å². The molecule has 1 atom stereocenters. The summed E-state index contributed by atoms with van der Waals surface area (Å²) in [7, 11) is 0. The SMILES string of the molecule is CCC(CC)C1CN=C(NCCOCCC(C)C)S1. The molecule has 1 heterocycles. The monoisotopic (exact) mass is 286 g/mol. The number of hydrogen-bond donors (Lipinski definition) is 1. The molecule has 4 heteroatoms. The van der Waals surface area contributed by atoms with Gasteiger partial charge < -0.3 is 10.1 Å². The zero-order chi connectivity index (χ0) is 14.1. The Bertz CT molecular complexity index is 265. The van der Waals surface area contributed by atoms with Gasteiger partial charge in [-0.15, -0.1) is 0 Å². The lowest BCUT2D eigenvalue weighted by molar-refractivity contribution is 0.128. The third kappa shape index (κ3) is 6.66. The zero-order valence-corrected chi connectivity index (χ0v) is 13.8. The lowest BCUT2D eigenvalue weighted by Crippen LogP contribution is -2.25. The molecule has 3 nitrogen and oxygen atoms in total. The molecule has 0 saturated carbocycles. The van der Waals surface area contributed by atoms with E-state index in [1.165, 1.54) is 12.8 Å². The van der Waals surface area contributed by atoms with Crippen molar-refractivity contribution in [3.8, 4) is 0 Å². The summed E-state index contributed by atoms with van der Waals surface area (Å²) in [5.41, 5.74) is 0. The lowest BCUT2D eigenvalue weighted by Gasteiger charge is -2.18. The third-order valence-corrected chi connectivity index (χ3v) is 4.95. The molecule has 0 aromatic carbocycles. The minimum Gasteiger partial charge on any atom is -0.380 e. The summed E-state index contributed by atoms with van der Waals surface area (Å²) in [5, 5.41) is 5.19. The van der Waals surface area contributed by atoms with Crippen LogP contribution in [0.25, 0.3) is 0 Å². The Morgan fingerprint density at radius 3 is 2.68 bits per heavy atom. The van der Waals surface area contributed by atoms with Gasteiger partial charge in [0.15, 0.2) is 5.17 Å². The predicted octanol–water partition coefficient (Wildman–Crippen LogP) is 3.55. The number of nitrogens with zero attached hydrogens (tertiary/aromatic N) is 1. The molecule has 1 rings (SSSR count). The van der Waals surface area contributed by atoms with Crippen LogP contribution in [0.4, 0.5) is 0 Å². The molecule has 1 aliphatic rings. The van der Waals surface area contributed by atoms with Gasteiger partial charge in [0, 0.05) is 18.4 Å². The topological polar surface area (TPSA) is 33.6 Å². The number of rotatable bonds is 9. The highest BCUT2D eigenvalue weighted by molar-refractivity contribution is 8.14. The van der Waals surface area contributed by atoms with E-state index in [-0.39, 0.29) is 0 Å². The highest BCUT2D eigenvalue weighted by Gasteiger charge is 2.25. The molecule has 1 N–H and O–H groups in total. The number of thioether (sulfide) groups is 1. The van der Waals surface area contributed by atoms with Crippen molar-refractivity contribution in [2.45, 2.75) is 52.2 Å². The second-order valence-electron chi connectivity index (χ2n) is 5.60. The molecule has 0 fully saturated rings. The summed E-state index contributed by atoms with van der Waals surface area (Å²) >= 11 is 1.92. The van der Waals surface area contributed by atoms with Crippen molar-refractivity contribution < 1.29 is 4.74 Å². The zero-order valence-electron chi connectivity index (χ0n) is 12.9. The highest BCUT2D eigenvalue weighted by atomic mass is 32.2. The molecule has 19 heavy (non-hydrogen) atoms. The Labute approximate surface area is 123 Å². The Morgan fingerprint density at radius 2 is 2.05 bits per heavy atom. The standard InChI is InChI=1S/C15H30N2OS/c1-5-13(6-2)14-11-17-15(19-14)16-8-10-18-9-7-12(3)4/h12-14H,5-11H2,1-4H3,(H,16,17). The maximum atomic E-state index is 5.59. The van der Waals surface area contributed by atoms with Crippen LogP contribution < -0.4 is 5.32 Å². The number of hydrogen-bond acceptors (Lipinski definition) is 4. The van der Waals surface area contributed by atoms with Crippen LogP contribution in [0.15, 0.2) is 4.99 Å². The quantitative estimate of drug-likeness (QED) is 0.658. The molecule has 1 aliphatic heterocycles. The highest BCUT2D eigenvalue weighted by Crippen LogP contribution is 2.30. The normalized spacial score (nSPS) is 19.3. The van der Waals surface area contributed by atoms with E-state index in [9.17, 15) is 0 Å². The fourth-order valence-corrected chi connectivity index (χ4v) is 3.55. The predicted molar refractivity (Wildman–Crippen MR) is 86.0 cm³/mol. The smallest absolute Gasteiger partial charge is 0.157 e. The van der Waals surface area contributed by atoms with Crippen molar-refractivity contribution in [1.82, 2.24) is 5.32 Å². The van der Waals surface area contributed by atoms with Crippen LogP contribution in [0.3, 0.4) is 0 Å². The lowest BCUT2D eigenvalue weighted by atomic mass is 9.99. The summed E-state index contributed by atoms with van der Waals surface area (Å²) < 4.78 is 5.59. The van der Waals surface area contributed by atoms with Gasteiger partial charge in [0.25, 0.3) is 0 Å². The van der Waals surface area contributed by atoms with Gasteiger partial charge in [-0.1, -0.05) is 52.3 Å². The van der Waals surface area contributed by atoms with E-state index in [0.717, 1.165) is 49.7 Å². The Balaban J connectivity index is 2.05. The maximum Gasteiger partial charge on any atom is 0.157 e. The molecule has 0 aromatic rings. The molecule has 0 amide bonds. The van der Waals surface area contributed by atoms with Crippen LogP contribution in [0, 0.1) is 11.8 Å². The number of aliphatic imine (C=N–C) groups is 1. The van der Waals surface area contributed by atoms with Crippen molar-refractivity contribution >= 4 is 16.9 Å². The van der Waals surface area contributed by atoms with E-state index < -0.39 is 0 Å². The fourth-order valence-electron chi connectivity index (χ4n) is 2.20. The molecular formula is C15H30N2OS. The van der Waals surface area contributed by atoms with Crippen molar-refractivity contribution in [2.24, 2.45) is 16.8 Å². The van der Waals surface area contributed by atoms with Crippen molar-refractivity contribution in [2.75, 3.05) is 26.3 Å². The average Bonchev–Trinajstić information content (AvgIpc) is 2.83. The minimum atomic E-state index is 0.680. The van der Waals surface area contributed by atoms with Crippen LogP contribution in [0.1, 0.15) is 47.0 Å². The Hall–Kier alpha value is -0.220. The Morgan fingerprint density at radius 1 is 1.32 bits per heavy atom. The van der Waals surface area contributed by atoms with Crippen molar-refractivity contribution in [3.63, 3.8) is 0 Å². The van der Waals surface area contributed by atoms with Crippen LogP contribution in [-0.4, -0.2) is 36.7 Å². The molecule has 0 radical (unpaired) electrons. The largest absolute Gasteiger partial charge is 0.380 e. The fraction of sp³-hybridized carbons (Fsp3) is 0.933. The van der Waals surface area contributed by atoms with Gasteiger partial charge in [-0.2, -0.15) is 0 Å². The second-order valence-corrected chi connectivity index (χ2v) is 6.83. The van der Waals surface area contributed by atoms with Gasteiger partial charge in [0.05, 0.1) is 13.2 Å². The first-order chi connectivity index (χ1) is 9.17. The van der Waals surface area contributed by atoms with E-state index in [0.29, 0.717) is 5.25 Å². The van der Waals surface area contributed by atoms with Crippen molar-refractivity contribution in [3.05, 3.63) is 0 Å². The van der Waals surface area contributed by atoms with E-state index >= 15 is 0 Å². The third-order valence-electron chi connectivity index (χ3n) is 3.61. The van der Waals surface area contributed by atoms with Crippen LogP contribution >= 0.6 is 11.8 Å². The van der Waals surface area contributed by atoms with Gasteiger partial charge in [-0.3, -0.25) is 4.99 Å². The van der Waals surface area contributed by atoms with Crippen LogP contribution in [0.2, 0.25) is 0 Å². The summed E-state index contributed by atoms with van der Waals surface area (Å²) in [4.78, 5) is 4.59. The molecule has 0 aliphatic carbocycles. The summed E-state index contributed by atoms with van der Waals surface area (Å²) in [6.07, 6.45) is 3.66. The Kier molecular flexibility index (Phi) is 8.55. The second kappa shape index (κ2) is 9.65. The molecule has 0 spiro atoms. The van der Waals surface area contributed by atoms with E-state index in [1.54, 1.807) is 0 Å². The average molecular weight is 286 g/mol. The first-order valence-electron chi connectivity index (χ1n) is 7.70. The molecule has 112 valence electrons. The summed E-state index contributed by atoms with van der Waals surface area (Å²) in [5.74, 6) is 1.53. The van der Waals surface area contributed by atoms with E-state index in [4.69, 9.17) is 4.74 Å². The number of nitrogens with one attached hydrogen (secondary N) is 1. The maximum absolute atomic E-state index is 5.59. The first kappa shape index (κ1) is 16.8. The molecule has 0 aromatic heterocycles. The molecular weight excluding hydrogens is 256 g/mol. The van der Waals surface area contributed by atoms with Gasteiger partial charge >= 0.3 is 0 Å².